The highest BCUT2D eigenvalue weighted by molar-refractivity contribution is 6.43. The van der Waals surface area contributed by atoms with E-state index in [1.807, 2.05) is 45.9 Å². The van der Waals surface area contributed by atoms with Crippen LogP contribution in [-0.2, 0) is 4.79 Å². The number of likely N-dealkylation sites (N-methyl/N-ethyl adjacent to an activating group) is 1. The first-order valence-corrected chi connectivity index (χ1v) is 6.14. The number of nitrogens with one attached hydrogen (secondary N) is 1. The number of rotatable bonds is 4. The van der Waals surface area contributed by atoms with Crippen molar-refractivity contribution < 1.29 is 4.79 Å². The standard InChI is InChI=1S/C12H16N2O.C2H6/c1-3-14(4-2)12(15)11(13)10-8-6-5-7-9-10;1-2/h5-9,13H,3-4H2,1-2H3;1-2H3. The van der Waals surface area contributed by atoms with E-state index >= 15 is 0 Å². The van der Waals surface area contributed by atoms with Crippen LogP contribution in [-0.4, -0.2) is 29.6 Å². The molecule has 17 heavy (non-hydrogen) atoms. The van der Waals surface area contributed by atoms with Gasteiger partial charge in [0.1, 0.15) is 5.71 Å². The Morgan fingerprint density at radius 1 is 1.12 bits per heavy atom. The predicted octanol–water partition coefficient (Wildman–Crippen LogP) is 2.95. The second-order valence-electron chi connectivity index (χ2n) is 3.22. The van der Waals surface area contributed by atoms with Crippen molar-refractivity contribution in [3.8, 4) is 0 Å². The van der Waals surface area contributed by atoms with E-state index in [4.69, 9.17) is 5.41 Å². The maximum absolute atomic E-state index is 11.8. The van der Waals surface area contributed by atoms with Gasteiger partial charge in [0.2, 0.25) is 0 Å². The molecule has 0 aliphatic carbocycles. The lowest BCUT2D eigenvalue weighted by Gasteiger charge is -2.18. The summed E-state index contributed by atoms with van der Waals surface area (Å²) in [6.45, 7) is 9.12. The number of amides is 1. The van der Waals surface area contributed by atoms with Crippen molar-refractivity contribution >= 4 is 11.6 Å². The van der Waals surface area contributed by atoms with Gasteiger partial charge in [-0.05, 0) is 13.8 Å². The molecule has 0 saturated heterocycles. The number of nitrogens with zero attached hydrogens (tertiary/aromatic N) is 1. The molecule has 1 N–H and O–H groups in total. The van der Waals surface area contributed by atoms with Gasteiger partial charge in [0.15, 0.2) is 0 Å². The maximum atomic E-state index is 11.8. The summed E-state index contributed by atoms with van der Waals surface area (Å²) < 4.78 is 0. The summed E-state index contributed by atoms with van der Waals surface area (Å²) in [5.41, 5.74) is 0.744. The van der Waals surface area contributed by atoms with Crippen molar-refractivity contribution in [1.29, 1.82) is 5.41 Å². The second-order valence-corrected chi connectivity index (χ2v) is 3.22. The molecule has 1 aromatic rings. The van der Waals surface area contributed by atoms with Crippen LogP contribution in [0.15, 0.2) is 30.3 Å². The number of benzene rings is 1. The van der Waals surface area contributed by atoms with E-state index in [0.29, 0.717) is 18.7 Å². The largest absolute Gasteiger partial charge is 0.338 e. The molecule has 0 spiro atoms. The minimum atomic E-state index is -0.203. The van der Waals surface area contributed by atoms with E-state index < -0.39 is 0 Å². The van der Waals surface area contributed by atoms with E-state index in [1.165, 1.54) is 0 Å². The minimum Gasteiger partial charge on any atom is -0.338 e. The summed E-state index contributed by atoms with van der Waals surface area (Å²) >= 11 is 0. The lowest BCUT2D eigenvalue weighted by Crippen LogP contribution is -2.36. The van der Waals surface area contributed by atoms with Gasteiger partial charge in [-0.1, -0.05) is 44.2 Å². The zero-order valence-corrected chi connectivity index (χ0v) is 11.2. The zero-order chi connectivity index (χ0) is 13.3. The molecular formula is C14H22N2O. The van der Waals surface area contributed by atoms with Gasteiger partial charge in [-0.25, -0.2) is 0 Å². The fourth-order valence-electron chi connectivity index (χ4n) is 1.40. The Morgan fingerprint density at radius 2 is 1.59 bits per heavy atom. The van der Waals surface area contributed by atoms with E-state index in [2.05, 4.69) is 0 Å². The molecule has 3 heteroatoms. The number of carbonyl (C=O) groups excluding carboxylic acids is 1. The SMILES string of the molecule is CC.CCN(CC)C(=O)C(=N)c1ccccc1. The maximum Gasteiger partial charge on any atom is 0.272 e. The minimum absolute atomic E-state index is 0.0688. The third-order valence-corrected chi connectivity index (χ3v) is 2.33. The van der Waals surface area contributed by atoms with Crippen molar-refractivity contribution in [2.45, 2.75) is 27.7 Å². The van der Waals surface area contributed by atoms with Gasteiger partial charge in [-0.15, -0.1) is 0 Å². The van der Waals surface area contributed by atoms with Crippen LogP contribution in [0.25, 0.3) is 0 Å². The van der Waals surface area contributed by atoms with Crippen LogP contribution >= 0.6 is 0 Å². The molecule has 1 aromatic carbocycles. The molecule has 0 fully saturated rings. The molecule has 0 bridgehead atoms. The topological polar surface area (TPSA) is 44.2 Å². The summed E-state index contributed by atoms with van der Waals surface area (Å²) in [5.74, 6) is -0.203. The lowest BCUT2D eigenvalue weighted by atomic mass is 10.1. The van der Waals surface area contributed by atoms with E-state index in [0.717, 1.165) is 0 Å². The van der Waals surface area contributed by atoms with Crippen LogP contribution in [0.5, 0.6) is 0 Å². The van der Waals surface area contributed by atoms with Crippen LogP contribution in [0.3, 0.4) is 0 Å². The molecule has 0 aliphatic heterocycles. The zero-order valence-electron chi connectivity index (χ0n) is 11.2. The van der Waals surface area contributed by atoms with Gasteiger partial charge >= 0.3 is 0 Å². The summed E-state index contributed by atoms with van der Waals surface area (Å²) in [5, 5.41) is 7.78. The first-order chi connectivity index (χ1) is 8.20. The van der Waals surface area contributed by atoms with Gasteiger partial charge < -0.3 is 4.90 Å². The number of hydrogen-bond acceptors (Lipinski definition) is 2. The fourth-order valence-corrected chi connectivity index (χ4v) is 1.40. The summed E-state index contributed by atoms with van der Waals surface area (Å²) in [6.07, 6.45) is 0. The number of hydrogen-bond donors (Lipinski definition) is 1. The van der Waals surface area contributed by atoms with Crippen LogP contribution in [0, 0.1) is 5.41 Å². The van der Waals surface area contributed by atoms with Gasteiger partial charge in [-0.3, -0.25) is 10.2 Å². The Bertz CT molecular complexity index is 342. The molecule has 0 saturated carbocycles. The molecule has 1 amide bonds. The van der Waals surface area contributed by atoms with Crippen LogP contribution in [0.1, 0.15) is 33.3 Å². The third kappa shape index (κ3) is 4.39. The molecule has 3 nitrogen and oxygen atoms in total. The normalized spacial score (nSPS) is 8.94. The fraction of sp³-hybridized carbons (Fsp3) is 0.429. The summed E-state index contributed by atoms with van der Waals surface area (Å²) in [7, 11) is 0. The average molecular weight is 234 g/mol. The first kappa shape index (κ1) is 15.4. The predicted molar refractivity (Wildman–Crippen MR) is 72.5 cm³/mol. The molecular weight excluding hydrogens is 212 g/mol. The van der Waals surface area contributed by atoms with Gasteiger partial charge in [0.05, 0.1) is 0 Å². The lowest BCUT2D eigenvalue weighted by molar-refractivity contribution is -0.123. The molecule has 0 radical (unpaired) electrons. The molecule has 0 atom stereocenters. The Morgan fingerprint density at radius 3 is 2.00 bits per heavy atom. The Hall–Kier alpha value is -1.64. The highest BCUT2D eigenvalue weighted by Crippen LogP contribution is 2.03. The van der Waals surface area contributed by atoms with Gasteiger partial charge in [-0.2, -0.15) is 0 Å². The highest BCUT2D eigenvalue weighted by atomic mass is 16.2. The second kappa shape index (κ2) is 8.50. The Labute approximate surface area is 104 Å². The molecule has 0 aliphatic rings. The van der Waals surface area contributed by atoms with E-state index in [1.54, 1.807) is 17.0 Å². The number of carbonyl (C=O) groups is 1. The summed E-state index contributed by atoms with van der Waals surface area (Å²) in [6, 6.07) is 9.10. The van der Waals surface area contributed by atoms with E-state index in [9.17, 15) is 4.79 Å². The first-order valence-electron chi connectivity index (χ1n) is 6.14. The van der Waals surface area contributed by atoms with E-state index in [-0.39, 0.29) is 11.6 Å². The molecule has 1 rings (SSSR count). The van der Waals surface area contributed by atoms with Crippen molar-refractivity contribution in [2.75, 3.05) is 13.1 Å². The molecule has 0 unspecified atom stereocenters. The van der Waals surface area contributed by atoms with Gasteiger partial charge in [0.25, 0.3) is 5.91 Å². The quantitative estimate of drug-likeness (QED) is 0.800. The highest BCUT2D eigenvalue weighted by Gasteiger charge is 2.16. The average Bonchev–Trinajstić information content (AvgIpc) is 2.42. The van der Waals surface area contributed by atoms with Crippen molar-refractivity contribution in [3.05, 3.63) is 35.9 Å². The Kier molecular flexibility index (Phi) is 7.68. The molecule has 94 valence electrons. The van der Waals surface area contributed by atoms with Gasteiger partial charge in [0, 0.05) is 18.7 Å². The smallest absolute Gasteiger partial charge is 0.272 e. The monoisotopic (exact) mass is 234 g/mol. The van der Waals surface area contributed by atoms with Crippen molar-refractivity contribution in [1.82, 2.24) is 4.90 Å². The summed E-state index contributed by atoms with van der Waals surface area (Å²) in [4.78, 5) is 13.5. The molecule has 0 aromatic heterocycles. The van der Waals surface area contributed by atoms with Crippen LogP contribution < -0.4 is 0 Å². The molecule has 0 heterocycles. The van der Waals surface area contributed by atoms with Crippen LogP contribution in [0.2, 0.25) is 0 Å². The van der Waals surface area contributed by atoms with Crippen LogP contribution in [0.4, 0.5) is 0 Å². The Balaban J connectivity index is 0.00000121. The third-order valence-electron chi connectivity index (χ3n) is 2.33. The van der Waals surface area contributed by atoms with Crippen molar-refractivity contribution in [2.24, 2.45) is 0 Å². The van der Waals surface area contributed by atoms with Crippen molar-refractivity contribution in [3.63, 3.8) is 0 Å².